The van der Waals surface area contributed by atoms with Crippen molar-refractivity contribution in [1.29, 1.82) is 0 Å². The zero-order valence-corrected chi connectivity index (χ0v) is 28.7. The second-order valence-corrected chi connectivity index (χ2v) is 16.7. The molecule has 0 aliphatic carbocycles. The summed E-state index contributed by atoms with van der Waals surface area (Å²) in [5, 5.41) is 5.93. The summed E-state index contributed by atoms with van der Waals surface area (Å²) in [4.78, 5) is 42.3. The Balaban J connectivity index is 1.40. The van der Waals surface area contributed by atoms with Crippen LogP contribution in [-0.4, -0.2) is 46.0 Å². The number of nitrogens with one attached hydrogen (secondary N) is 1. The molecule has 1 N–H and O–H groups in total. The van der Waals surface area contributed by atoms with Crippen LogP contribution < -0.4 is 21.2 Å². The lowest BCUT2D eigenvalue weighted by molar-refractivity contribution is -0.154. The van der Waals surface area contributed by atoms with Crippen molar-refractivity contribution in [2.75, 3.05) is 11.9 Å². The summed E-state index contributed by atoms with van der Waals surface area (Å²) in [5.74, 6) is -0.645. The molecule has 5 aromatic rings. The molecule has 49 heavy (non-hydrogen) atoms. The van der Waals surface area contributed by atoms with Gasteiger partial charge in [0.15, 0.2) is 6.10 Å². The van der Waals surface area contributed by atoms with E-state index >= 15 is 0 Å². The predicted molar refractivity (Wildman–Crippen MR) is 199 cm³/mol. The summed E-state index contributed by atoms with van der Waals surface area (Å²) in [6.07, 6.45) is -0.151. The van der Waals surface area contributed by atoms with Crippen LogP contribution in [-0.2, 0) is 19.1 Å². The number of carbonyl (C=O) groups is 3. The minimum Gasteiger partial charge on any atom is -0.448 e. The fraction of sp³-hybridized carbons (Fsp3) is 0.146. The lowest BCUT2D eigenvalue weighted by Crippen LogP contribution is -2.70. The summed E-state index contributed by atoms with van der Waals surface area (Å²) in [7, 11) is -2.42. The van der Waals surface area contributed by atoms with Gasteiger partial charge in [0.25, 0.3) is 5.91 Å². The molecular formula is C41H36N2O4PS+. The van der Waals surface area contributed by atoms with Gasteiger partial charge in [-0.15, -0.1) is 11.8 Å². The van der Waals surface area contributed by atoms with Crippen molar-refractivity contribution < 1.29 is 19.1 Å². The monoisotopic (exact) mass is 683 g/mol. The third-order valence-electron chi connectivity index (χ3n) is 9.05. The number of amides is 2. The van der Waals surface area contributed by atoms with E-state index < -0.39 is 30.8 Å². The Labute approximate surface area is 291 Å². The third-order valence-corrected chi connectivity index (χ3v) is 14.8. The van der Waals surface area contributed by atoms with Gasteiger partial charge in [0, 0.05) is 18.2 Å². The number of β-lactam (4-membered cyclic amide) rings is 1. The highest BCUT2D eigenvalue weighted by Gasteiger charge is 2.56. The van der Waals surface area contributed by atoms with E-state index in [-0.39, 0.29) is 17.5 Å². The average molecular weight is 684 g/mol. The maximum atomic E-state index is 14.8. The number of rotatable bonds is 10. The summed E-state index contributed by atoms with van der Waals surface area (Å²) in [6.45, 7) is 1.41. The van der Waals surface area contributed by atoms with Gasteiger partial charge >= 0.3 is 5.97 Å². The molecule has 1 unspecified atom stereocenters. The molecule has 0 radical (unpaired) electrons. The van der Waals surface area contributed by atoms with E-state index in [0.29, 0.717) is 11.9 Å². The van der Waals surface area contributed by atoms with E-state index in [1.54, 1.807) is 16.7 Å². The molecule has 2 atom stereocenters. The van der Waals surface area contributed by atoms with Gasteiger partial charge in [-0.05, 0) is 47.5 Å². The summed E-state index contributed by atoms with van der Waals surface area (Å²) < 4.78 is 6.47. The third kappa shape index (κ3) is 6.32. The molecular weight excluding hydrogens is 648 g/mol. The van der Waals surface area contributed by atoms with Crippen LogP contribution in [0.25, 0.3) is 0 Å². The van der Waals surface area contributed by atoms with Crippen LogP contribution in [0.15, 0.2) is 163 Å². The molecule has 244 valence electrons. The van der Waals surface area contributed by atoms with E-state index in [4.69, 9.17) is 4.74 Å². The lowest BCUT2D eigenvalue weighted by atomic mass is 10.0. The first-order chi connectivity index (χ1) is 24.0. The second-order valence-electron chi connectivity index (χ2n) is 12.1. The maximum Gasteiger partial charge on any atom is 0.356 e. The molecule has 1 saturated heterocycles. The molecule has 0 spiro atoms. The van der Waals surface area contributed by atoms with Crippen LogP contribution in [0.5, 0.6) is 0 Å². The molecule has 0 aromatic heterocycles. The summed E-state index contributed by atoms with van der Waals surface area (Å²) in [6, 6.07) is 50.1. The van der Waals surface area contributed by atoms with Gasteiger partial charge in [0.05, 0.1) is 6.16 Å². The molecule has 5 aromatic carbocycles. The molecule has 0 saturated carbocycles. The molecule has 0 bridgehead atoms. The number of ether oxygens (including phenoxy) is 1. The van der Waals surface area contributed by atoms with Gasteiger partial charge in [-0.3, -0.25) is 14.5 Å². The fourth-order valence-corrected chi connectivity index (χ4v) is 12.6. The van der Waals surface area contributed by atoms with Gasteiger partial charge in [-0.2, -0.15) is 0 Å². The van der Waals surface area contributed by atoms with Crippen LogP contribution in [0.2, 0.25) is 0 Å². The number of nitrogens with zero attached hydrogens (tertiary/aromatic N) is 1. The quantitative estimate of drug-likeness (QED) is 0.111. The van der Waals surface area contributed by atoms with Gasteiger partial charge < -0.3 is 10.1 Å². The highest BCUT2D eigenvalue weighted by molar-refractivity contribution is 8.00. The smallest absolute Gasteiger partial charge is 0.356 e. The van der Waals surface area contributed by atoms with Crippen molar-refractivity contribution in [2.45, 2.75) is 24.4 Å². The minimum atomic E-state index is -2.42. The Bertz CT molecular complexity index is 1840. The van der Waals surface area contributed by atoms with E-state index in [1.807, 2.05) is 78.9 Å². The Morgan fingerprint density at radius 3 is 1.59 bits per heavy atom. The van der Waals surface area contributed by atoms with Crippen molar-refractivity contribution >= 4 is 52.7 Å². The van der Waals surface area contributed by atoms with Gasteiger partial charge in [-0.25, -0.2) is 4.79 Å². The number of fused-ring (bicyclic) bond motifs is 1. The van der Waals surface area contributed by atoms with Crippen molar-refractivity contribution in [3.63, 3.8) is 0 Å². The number of carbonyl (C=O) groups excluding carboxylic acids is 3. The summed E-state index contributed by atoms with van der Waals surface area (Å²) >= 11 is 1.58. The number of esters is 1. The van der Waals surface area contributed by atoms with Crippen LogP contribution in [0.1, 0.15) is 24.2 Å². The summed E-state index contributed by atoms with van der Waals surface area (Å²) in [5.41, 5.74) is 2.79. The SMILES string of the molecule is CC(=O)NC1C(=O)N2C(C(=O)OC(c3ccccc3)c3ccccc3)=C(C[P+](c3ccccc3)(c3ccccc3)c3ccccc3)CS[C@@H]12. The minimum absolute atomic E-state index is 0.277. The highest BCUT2D eigenvalue weighted by Crippen LogP contribution is 2.58. The van der Waals surface area contributed by atoms with Crippen LogP contribution >= 0.6 is 19.0 Å². The molecule has 2 aliphatic heterocycles. The second kappa shape index (κ2) is 14.3. The van der Waals surface area contributed by atoms with E-state index in [0.717, 1.165) is 16.7 Å². The maximum absolute atomic E-state index is 14.8. The van der Waals surface area contributed by atoms with Crippen LogP contribution in [0.4, 0.5) is 0 Å². The molecule has 2 aliphatic rings. The Kier molecular flexibility index (Phi) is 9.47. The first-order valence-electron chi connectivity index (χ1n) is 16.3. The van der Waals surface area contributed by atoms with Crippen LogP contribution in [0.3, 0.4) is 0 Å². The van der Waals surface area contributed by atoms with Crippen molar-refractivity contribution in [3.05, 3.63) is 174 Å². The lowest BCUT2D eigenvalue weighted by Gasteiger charge is -2.50. The van der Waals surface area contributed by atoms with E-state index in [9.17, 15) is 14.4 Å². The standard InChI is InChI=1S/C41H35N2O4PS/c1-29(44)42-36-39(45)43-37(41(46)47-38(30-17-7-2-8-18-30)31-19-9-3-10-20-31)32(28-49-40(36)43)27-48(33-21-11-4-12-22-33,34-23-13-5-14-24-34)35-25-15-6-16-26-35/h2-26,36,38,40H,27-28H2,1H3/p+1/t36?,40-/m0/s1. The van der Waals surface area contributed by atoms with Gasteiger partial charge in [-0.1, -0.05) is 115 Å². The molecule has 2 amide bonds. The van der Waals surface area contributed by atoms with Crippen molar-refractivity contribution in [3.8, 4) is 0 Å². The average Bonchev–Trinajstić information content (AvgIpc) is 3.16. The van der Waals surface area contributed by atoms with E-state index in [1.165, 1.54) is 22.8 Å². The Morgan fingerprint density at radius 2 is 1.16 bits per heavy atom. The number of benzene rings is 5. The van der Waals surface area contributed by atoms with Gasteiger partial charge in [0.1, 0.15) is 40.3 Å². The topological polar surface area (TPSA) is 75.7 Å². The normalized spacial score (nSPS) is 17.3. The molecule has 1 fully saturated rings. The Morgan fingerprint density at radius 1 is 0.735 bits per heavy atom. The Hall–Kier alpha value is -4.97. The van der Waals surface area contributed by atoms with Crippen molar-refractivity contribution in [2.24, 2.45) is 0 Å². The highest BCUT2D eigenvalue weighted by atomic mass is 32.2. The van der Waals surface area contributed by atoms with Crippen molar-refractivity contribution in [1.82, 2.24) is 10.2 Å². The first kappa shape index (κ1) is 32.6. The van der Waals surface area contributed by atoms with E-state index in [2.05, 4.69) is 78.1 Å². The molecule has 8 heteroatoms. The largest absolute Gasteiger partial charge is 0.448 e. The predicted octanol–water partition coefficient (Wildman–Crippen LogP) is 5.99. The first-order valence-corrected chi connectivity index (χ1v) is 19.3. The zero-order valence-electron chi connectivity index (χ0n) is 27.0. The number of thioether (sulfide) groups is 1. The number of hydrogen-bond acceptors (Lipinski definition) is 5. The fourth-order valence-electron chi connectivity index (χ4n) is 6.81. The molecule has 7 rings (SSSR count). The zero-order chi connectivity index (χ0) is 33.8. The van der Waals surface area contributed by atoms with Crippen LogP contribution in [0, 0.1) is 0 Å². The number of hydrogen-bond donors (Lipinski definition) is 1. The van der Waals surface area contributed by atoms with Gasteiger partial charge in [0.2, 0.25) is 5.91 Å². The molecule has 2 heterocycles. The molecule has 6 nitrogen and oxygen atoms in total.